The Hall–Kier alpha value is -2.89. The third-order valence-electron chi connectivity index (χ3n) is 3.13. The number of carboxylic acid groups (broad SMARTS) is 1. The summed E-state index contributed by atoms with van der Waals surface area (Å²) in [6.45, 7) is 1.96. The maximum atomic E-state index is 11.3. The monoisotopic (exact) mass is 286 g/mol. The van der Waals surface area contributed by atoms with Crippen LogP contribution in [0.4, 0.5) is 17.1 Å². The molecule has 0 aliphatic rings. The van der Waals surface area contributed by atoms with Gasteiger partial charge in [-0.3, -0.25) is 10.1 Å². The van der Waals surface area contributed by atoms with E-state index in [2.05, 4.69) is 5.32 Å². The van der Waals surface area contributed by atoms with Crippen molar-refractivity contribution in [3.8, 4) is 0 Å². The molecule has 2 aromatic rings. The number of para-hydroxylation sites is 2. The largest absolute Gasteiger partial charge is 0.478 e. The van der Waals surface area contributed by atoms with Crippen LogP contribution in [0.25, 0.3) is 0 Å². The van der Waals surface area contributed by atoms with Gasteiger partial charge in [-0.1, -0.05) is 31.2 Å². The Kier molecular flexibility index (Phi) is 4.18. The molecule has 0 radical (unpaired) electrons. The van der Waals surface area contributed by atoms with Gasteiger partial charge in [0.25, 0.3) is 5.69 Å². The van der Waals surface area contributed by atoms with Crippen LogP contribution in [0.1, 0.15) is 22.8 Å². The van der Waals surface area contributed by atoms with Gasteiger partial charge in [0.05, 0.1) is 10.5 Å². The highest BCUT2D eigenvalue weighted by Gasteiger charge is 2.21. The summed E-state index contributed by atoms with van der Waals surface area (Å²) in [6, 6.07) is 11.3. The van der Waals surface area contributed by atoms with Gasteiger partial charge in [0.1, 0.15) is 5.69 Å². The van der Waals surface area contributed by atoms with E-state index in [0.717, 1.165) is 12.0 Å². The van der Waals surface area contributed by atoms with E-state index in [-0.39, 0.29) is 16.9 Å². The highest BCUT2D eigenvalue weighted by Crippen LogP contribution is 2.32. The van der Waals surface area contributed by atoms with E-state index < -0.39 is 10.9 Å². The summed E-state index contributed by atoms with van der Waals surface area (Å²) >= 11 is 0. The summed E-state index contributed by atoms with van der Waals surface area (Å²) in [7, 11) is 0. The summed E-state index contributed by atoms with van der Waals surface area (Å²) in [5, 5.41) is 23.2. The number of nitro groups is 1. The summed E-state index contributed by atoms with van der Waals surface area (Å²) in [4.78, 5) is 21.8. The van der Waals surface area contributed by atoms with Crippen LogP contribution in [0.2, 0.25) is 0 Å². The third kappa shape index (κ3) is 3.00. The number of aryl methyl sites for hydroxylation is 1. The minimum absolute atomic E-state index is 0.00380. The van der Waals surface area contributed by atoms with E-state index in [4.69, 9.17) is 0 Å². The van der Waals surface area contributed by atoms with Gasteiger partial charge in [-0.25, -0.2) is 4.79 Å². The topological polar surface area (TPSA) is 92.5 Å². The van der Waals surface area contributed by atoms with Crippen LogP contribution in [-0.4, -0.2) is 16.0 Å². The number of carbonyl (C=O) groups is 1. The Morgan fingerprint density at radius 2 is 1.95 bits per heavy atom. The van der Waals surface area contributed by atoms with Crippen molar-refractivity contribution in [2.24, 2.45) is 0 Å². The van der Waals surface area contributed by atoms with Gasteiger partial charge >= 0.3 is 5.97 Å². The predicted octanol–water partition coefficient (Wildman–Crippen LogP) is 3.60. The van der Waals surface area contributed by atoms with E-state index >= 15 is 0 Å². The highest BCUT2D eigenvalue weighted by atomic mass is 16.6. The molecular formula is C15H14N2O4. The van der Waals surface area contributed by atoms with Gasteiger partial charge in [0.15, 0.2) is 0 Å². The number of aromatic carboxylic acids is 1. The Morgan fingerprint density at radius 1 is 1.24 bits per heavy atom. The second kappa shape index (κ2) is 6.04. The second-order valence-corrected chi connectivity index (χ2v) is 4.40. The first-order valence-corrected chi connectivity index (χ1v) is 6.40. The molecule has 0 fully saturated rings. The summed E-state index contributed by atoms with van der Waals surface area (Å²) < 4.78 is 0. The fraction of sp³-hybridized carbons (Fsp3) is 0.133. The predicted molar refractivity (Wildman–Crippen MR) is 79.2 cm³/mol. The molecule has 0 bridgehead atoms. The third-order valence-corrected chi connectivity index (χ3v) is 3.13. The average molecular weight is 286 g/mol. The SMILES string of the molecule is CCc1ccccc1Nc1c(C(=O)O)cccc1[N+](=O)[O-]. The maximum absolute atomic E-state index is 11.3. The molecule has 0 aliphatic heterocycles. The number of benzene rings is 2. The fourth-order valence-corrected chi connectivity index (χ4v) is 2.09. The number of carboxylic acids is 1. The molecule has 2 aromatic carbocycles. The summed E-state index contributed by atoms with van der Waals surface area (Å²) in [5.41, 5.74) is 1.22. The molecule has 108 valence electrons. The van der Waals surface area contributed by atoms with Crippen LogP contribution in [0.5, 0.6) is 0 Å². The lowest BCUT2D eigenvalue weighted by Crippen LogP contribution is -2.06. The lowest BCUT2D eigenvalue weighted by Gasteiger charge is -2.13. The van der Waals surface area contributed by atoms with Crippen molar-refractivity contribution in [2.75, 3.05) is 5.32 Å². The zero-order chi connectivity index (χ0) is 15.4. The molecule has 21 heavy (non-hydrogen) atoms. The van der Waals surface area contributed by atoms with Crippen molar-refractivity contribution in [3.63, 3.8) is 0 Å². The van der Waals surface area contributed by atoms with Crippen LogP contribution in [-0.2, 0) is 6.42 Å². The average Bonchev–Trinajstić information content (AvgIpc) is 2.47. The first-order valence-electron chi connectivity index (χ1n) is 6.40. The van der Waals surface area contributed by atoms with Crippen LogP contribution in [0, 0.1) is 10.1 Å². The number of anilines is 2. The minimum atomic E-state index is -1.21. The Bertz CT molecular complexity index is 666. The van der Waals surface area contributed by atoms with Crippen LogP contribution >= 0.6 is 0 Å². The van der Waals surface area contributed by atoms with Crippen molar-refractivity contribution in [1.82, 2.24) is 0 Å². The zero-order valence-corrected chi connectivity index (χ0v) is 11.4. The van der Waals surface area contributed by atoms with Gasteiger partial charge in [0.2, 0.25) is 0 Å². The van der Waals surface area contributed by atoms with E-state index in [1.54, 1.807) is 12.1 Å². The van der Waals surface area contributed by atoms with Gasteiger partial charge in [-0.05, 0) is 24.1 Å². The number of hydrogen-bond acceptors (Lipinski definition) is 4. The lowest BCUT2D eigenvalue weighted by atomic mass is 10.1. The van der Waals surface area contributed by atoms with Gasteiger partial charge in [0, 0.05) is 11.8 Å². The van der Waals surface area contributed by atoms with Crippen molar-refractivity contribution < 1.29 is 14.8 Å². The van der Waals surface area contributed by atoms with Crippen LogP contribution < -0.4 is 5.32 Å². The number of nitrogens with zero attached hydrogens (tertiary/aromatic N) is 1. The first kappa shape index (κ1) is 14.5. The number of rotatable bonds is 5. The number of hydrogen-bond donors (Lipinski definition) is 2. The molecule has 0 saturated heterocycles. The van der Waals surface area contributed by atoms with Crippen LogP contribution in [0.15, 0.2) is 42.5 Å². The molecule has 6 nitrogen and oxygen atoms in total. The van der Waals surface area contributed by atoms with Crippen molar-refractivity contribution in [1.29, 1.82) is 0 Å². The van der Waals surface area contributed by atoms with E-state index in [1.807, 2.05) is 19.1 Å². The van der Waals surface area contributed by atoms with Crippen LogP contribution in [0.3, 0.4) is 0 Å². The second-order valence-electron chi connectivity index (χ2n) is 4.40. The lowest BCUT2D eigenvalue weighted by molar-refractivity contribution is -0.383. The molecule has 2 N–H and O–H groups in total. The summed E-state index contributed by atoms with van der Waals surface area (Å²) in [6.07, 6.45) is 0.728. The molecule has 0 aromatic heterocycles. The minimum Gasteiger partial charge on any atom is -0.478 e. The van der Waals surface area contributed by atoms with E-state index in [1.165, 1.54) is 18.2 Å². The fourth-order valence-electron chi connectivity index (χ4n) is 2.09. The molecule has 0 saturated carbocycles. The standard InChI is InChI=1S/C15H14N2O4/c1-2-10-6-3-4-8-12(10)16-14-11(15(18)19)7-5-9-13(14)17(20)21/h3-9,16H,2H2,1H3,(H,18,19). The normalized spacial score (nSPS) is 10.1. The van der Waals surface area contributed by atoms with Crippen molar-refractivity contribution in [2.45, 2.75) is 13.3 Å². The Balaban J connectivity index is 2.56. The number of nitrogens with one attached hydrogen (secondary N) is 1. The Morgan fingerprint density at radius 3 is 2.57 bits per heavy atom. The van der Waals surface area contributed by atoms with E-state index in [0.29, 0.717) is 5.69 Å². The molecule has 2 rings (SSSR count). The Labute approximate surface area is 121 Å². The molecule has 0 atom stereocenters. The molecule has 0 heterocycles. The number of nitro benzene ring substituents is 1. The van der Waals surface area contributed by atoms with Crippen molar-refractivity contribution >= 4 is 23.0 Å². The maximum Gasteiger partial charge on any atom is 0.338 e. The van der Waals surface area contributed by atoms with Gasteiger partial charge in [-0.2, -0.15) is 0 Å². The van der Waals surface area contributed by atoms with Gasteiger partial charge in [-0.15, -0.1) is 0 Å². The molecule has 0 unspecified atom stereocenters. The molecular weight excluding hydrogens is 272 g/mol. The zero-order valence-electron chi connectivity index (χ0n) is 11.4. The first-order chi connectivity index (χ1) is 10.0. The van der Waals surface area contributed by atoms with E-state index in [9.17, 15) is 20.0 Å². The molecule has 0 spiro atoms. The molecule has 0 aliphatic carbocycles. The summed E-state index contributed by atoms with van der Waals surface area (Å²) in [5.74, 6) is -1.21. The molecule has 0 amide bonds. The van der Waals surface area contributed by atoms with Crippen molar-refractivity contribution in [3.05, 3.63) is 63.7 Å². The molecule has 6 heteroatoms. The highest BCUT2D eigenvalue weighted by molar-refractivity contribution is 5.98. The van der Waals surface area contributed by atoms with Gasteiger partial charge < -0.3 is 10.4 Å². The smallest absolute Gasteiger partial charge is 0.338 e. The quantitative estimate of drug-likeness (QED) is 0.647.